The Morgan fingerprint density at radius 3 is 2.34 bits per heavy atom. The molecule has 0 aliphatic carbocycles. The molecule has 1 fully saturated rings. The third kappa shape index (κ3) is 5.63. The second-order valence-corrected chi connectivity index (χ2v) is 8.06. The molecule has 0 spiro atoms. The molecule has 0 bridgehead atoms. The Bertz CT molecular complexity index is 1250. The molecule has 0 unspecified atom stereocenters. The first-order chi connectivity index (χ1) is 17.0. The normalized spacial score (nSPS) is 14.3. The fourth-order valence-electron chi connectivity index (χ4n) is 3.60. The van der Waals surface area contributed by atoms with Gasteiger partial charge in [0, 0.05) is 0 Å². The van der Waals surface area contributed by atoms with Crippen molar-refractivity contribution >= 4 is 23.6 Å². The van der Waals surface area contributed by atoms with Crippen molar-refractivity contribution < 1.29 is 23.8 Å². The number of hydrogen-bond acceptors (Lipinski definition) is 5. The smallest absolute Gasteiger partial charge is 0.282 e. The molecular formula is C28H28N2O5. The number of ether oxygens (including phenoxy) is 3. The van der Waals surface area contributed by atoms with E-state index in [4.69, 9.17) is 14.2 Å². The molecule has 1 N–H and O–H groups in total. The van der Waals surface area contributed by atoms with E-state index in [0.29, 0.717) is 42.6 Å². The number of nitrogens with zero attached hydrogens (tertiary/aromatic N) is 1. The van der Waals surface area contributed by atoms with Gasteiger partial charge in [0.1, 0.15) is 24.5 Å². The molecule has 0 radical (unpaired) electrons. The Hall–Kier alpha value is -4.26. The average Bonchev–Trinajstić information content (AvgIpc) is 3.14. The molecule has 2 amide bonds. The van der Waals surface area contributed by atoms with E-state index in [9.17, 15) is 9.59 Å². The number of rotatable bonds is 9. The third-order valence-electron chi connectivity index (χ3n) is 5.57. The summed E-state index contributed by atoms with van der Waals surface area (Å²) in [6.45, 7) is 7.14. The molecule has 1 saturated heterocycles. The second-order valence-electron chi connectivity index (χ2n) is 8.06. The Kier molecular flexibility index (Phi) is 7.35. The lowest BCUT2D eigenvalue weighted by atomic mass is 10.1. The van der Waals surface area contributed by atoms with Gasteiger partial charge in [0.25, 0.3) is 11.8 Å². The van der Waals surface area contributed by atoms with Gasteiger partial charge >= 0.3 is 0 Å². The highest BCUT2D eigenvalue weighted by Crippen LogP contribution is 2.30. The topological polar surface area (TPSA) is 77.1 Å². The first-order valence-corrected chi connectivity index (χ1v) is 11.5. The number of aryl methyl sites for hydroxylation is 2. The Balaban J connectivity index is 1.44. The number of hydrogen-bond donors (Lipinski definition) is 1. The van der Waals surface area contributed by atoms with Crippen LogP contribution in [-0.2, 0) is 9.59 Å². The van der Waals surface area contributed by atoms with Crippen LogP contribution >= 0.6 is 0 Å². The lowest BCUT2D eigenvalue weighted by Gasteiger charge is -2.14. The minimum Gasteiger partial charge on any atom is -0.490 e. The lowest BCUT2D eigenvalue weighted by Crippen LogP contribution is -2.35. The summed E-state index contributed by atoms with van der Waals surface area (Å²) in [6, 6.07) is 20.2. The maximum atomic E-state index is 12.8. The Morgan fingerprint density at radius 1 is 0.829 bits per heavy atom. The summed E-state index contributed by atoms with van der Waals surface area (Å²) in [5.74, 6) is 1.01. The van der Waals surface area contributed by atoms with Gasteiger partial charge in [-0.05, 0) is 79.9 Å². The molecule has 7 nitrogen and oxygen atoms in total. The van der Waals surface area contributed by atoms with Gasteiger partial charge < -0.3 is 14.2 Å². The number of carbonyl (C=O) groups excluding carboxylic acids is 2. The van der Waals surface area contributed by atoms with Crippen molar-refractivity contribution in [1.29, 1.82) is 0 Å². The van der Waals surface area contributed by atoms with Crippen LogP contribution in [0.5, 0.6) is 17.2 Å². The van der Waals surface area contributed by atoms with Crippen LogP contribution in [0.3, 0.4) is 0 Å². The fourth-order valence-corrected chi connectivity index (χ4v) is 3.60. The summed E-state index contributed by atoms with van der Waals surface area (Å²) in [7, 11) is 0. The predicted octanol–water partition coefficient (Wildman–Crippen LogP) is 4.62. The van der Waals surface area contributed by atoms with Gasteiger partial charge in [-0.2, -0.15) is 0 Å². The lowest BCUT2D eigenvalue weighted by molar-refractivity contribution is -0.117. The van der Waals surface area contributed by atoms with Crippen molar-refractivity contribution in [2.75, 3.05) is 24.8 Å². The van der Waals surface area contributed by atoms with E-state index in [1.165, 1.54) is 16.1 Å². The van der Waals surface area contributed by atoms with Gasteiger partial charge in [0.15, 0.2) is 11.5 Å². The van der Waals surface area contributed by atoms with E-state index >= 15 is 0 Å². The summed E-state index contributed by atoms with van der Waals surface area (Å²) >= 11 is 0. The minimum atomic E-state index is -0.458. The highest BCUT2D eigenvalue weighted by molar-refractivity contribution is 6.31. The summed E-state index contributed by atoms with van der Waals surface area (Å²) in [5.41, 5.74) is 6.29. The third-order valence-corrected chi connectivity index (χ3v) is 5.57. The van der Waals surface area contributed by atoms with Crippen molar-refractivity contribution in [1.82, 2.24) is 5.43 Å². The SMILES string of the molecule is CCOc1cc(/C=C2\C(=O)NN(c3ccccc3)C2=O)ccc1OCCOc1ccc(C)c(C)c1. The molecule has 0 saturated carbocycles. The molecule has 7 heteroatoms. The zero-order valence-corrected chi connectivity index (χ0v) is 20.0. The van der Waals surface area contributed by atoms with Crippen LogP contribution in [0.4, 0.5) is 5.69 Å². The Labute approximate surface area is 204 Å². The zero-order chi connectivity index (χ0) is 24.8. The van der Waals surface area contributed by atoms with Crippen LogP contribution in [0.25, 0.3) is 6.08 Å². The van der Waals surface area contributed by atoms with E-state index in [-0.39, 0.29) is 5.57 Å². The average molecular weight is 473 g/mol. The number of benzene rings is 3. The van der Waals surface area contributed by atoms with Crippen molar-refractivity contribution in [3.8, 4) is 17.2 Å². The van der Waals surface area contributed by atoms with E-state index in [1.54, 1.807) is 48.5 Å². The largest absolute Gasteiger partial charge is 0.490 e. The van der Waals surface area contributed by atoms with Crippen molar-refractivity contribution in [3.05, 3.63) is 89.0 Å². The molecule has 0 atom stereocenters. The monoisotopic (exact) mass is 472 g/mol. The summed E-state index contributed by atoms with van der Waals surface area (Å²) in [6.07, 6.45) is 1.55. The van der Waals surface area contributed by atoms with E-state index in [0.717, 1.165) is 5.75 Å². The highest BCUT2D eigenvalue weighted by Gasteiger charge is 2.34. The van der Waals surface area contributed by atoms with Gasteiger partial charge in [0.2, 0.25) is 0 Å². The van der Waals surface area contributed by atoms with E-state index in [1.807, 2.05) is 38.1 Å². The maximum Gasteiger partial charge on any atom is 0.282 e. The standard InChI is InChI=1S/C28H28N2O5/c1-4-33-26-18-21(17-24-27(31)29-30(28(24)32)22-8-6-5-7-9-22)11-13-25(26)35-15-14-34-23-12-10-19(2)20(3)16-23/h5-13,16-18H,4,14-15H2,1-3H3,(H,29,31)/b24-17+. The van der Waals surface area contributed by atoms with E-state index in [2.05, 4.69) is 12.3 Å². The summed E-state index contributed by atoms with van der Waals surface area (Å²) in [4.78, 5) is 25.3. The molecule has 4 rings (SSSR count). The molecule has 1 aliphatic rings. The Morgan fingerprint density at radius 2 is 1.60 bits per heavy atom. The second kappa shape index (κ2) is 10.8. The van der Waals surface area contributed by atoms with Gasteiger partial charge in [-0.25, -0.2) is 5.01 Å². The van der Waals surface area contributed by atoms with Crippen LogP contribution in [0.1, 0.15) is 23.6 Å². The van der Waals surface area contributed by atoms with Crippen molar-refractivity contribution in [2.24, 2.45) is 0 Å². The van der Waals surface area contributed by atoms with Gasteiger partial charge in [-0.15, -0.1) is 0 Å². The number of para-hydroxylation sites is 1. The van der Waals surface area contributed by atoms with Crippen molar-refractivity contribution in [3.63, 3.8) is 0 Å². The molecule has 1 aliphatic heterocycles. The number of carbonyl (C=O) groups is 2. The van der Waals surface area contributed by atoms with Crippen LogP contribution < -0.4 is 24.6 Å². The van der Waals surface area contributed by atoms with Crippen LogP contribution in [-0.4, -0.2) is 31.6 Å². The highest BCUT2D eigenvalue weighted by atomic mass is 16.5. The molecule has 1 heterocycles. The molecule has 3 aromatic carbocycles. The number of hydrazine groups is 1. The van der Waals surface area contributed by atoms with Crippen molar-refractivity contribution in [2.45, 2.75) is 20.8 Å². The summed E-state index contributed by atoms with van der Waals surface area (Å²) in [5, 5.41) is 1.24. The van der Waals surface area contributed by atoms with Gasteiger partial charge in [-0.1, -0.05) is 30.3 Å². The predicted molar refractivity (Wildman–Crippen MR) is 135 cm³/mol. The fraction of sp³-hybridized carbons (Fsp3) is 0.214. The minimum absolute atomic E-state index is 0.0479. The van der Waals surface area contributed by atoms with Crippen LogP contribution in [0.2, 0.25) is 0 Å². The maximum absolute atomic E-state index is 12.8. The molecule has 180 valence electrons. The van der Waals surface area contributed by atoms with E-state index < -0.39 is 11.8 Å². The first kappa shape index (κ1) is 23.9. The van der Waals surface area contributed by atoms with Crippen LogP contribution in [0, 0.1) is 13.8 Å². The van der Waals surface area contributed by atoms with Crippen LogP contribution in [0.15, 0.2) is 72.3 Å². The molecular weight excluding hydrogens is 444 g/mol. The number of nitrogens with one attached hydrogen (secondary N) is 1. The molecule has 0 aromatic heterocycles. The van der Waals surface area contributed by atoms with Gasteiger partial charge in [0.05, 0.1) is 12.3 Å². The quantitative estimate of drug-likeness (QED) is 0.279. The molecule has 35 heavy (non-hydrogen) atoms. The zero-order valence-electron chi connectivity index (χ0n) is 20.0. The summed E-state index contributed by atoms with van der Waals surface area (Å²) < 4.78 is 17.4. The number of amides is 2. The first-order valence-electron chi connectivity index (χ1n) is 11.5. The van der Waals surface area contributed by atoms with Gasteiger partial charge in [-0.3, -0.25) is 15.0 Å². The molecule has 3 aromatic rings. The number of anilines is 1.